The third-order valence-corrected chi connectivity index (χ3v) is 7.71. The molecule has 26 heavy (non-hydrogen) atoms. The van der Waals surface area contributed by atoms with E-state index in [1.54, 1.807) is 0 Å². The monoisotopic (exact) mass is 368 g/mol. The Bertz CT molecular complexity index is 786. The van der Waals surface area contributed by atoms with Crippen LogP contribution in [0, 0.1) is 5.92 Å². The van der Waals surface area contributed by atoms with Gasteiger partial charge >= 0.3 is 0 Å². The lowest BCUT2D eigenvalue weighted by atomic mass is 9.91. The molecule has 4 heteroatoms. The molecule has 0 amide bonds. The maximum atomic E-state index is 12.7. The van der Waals surface area contributed by atoms with Crippen LogP contribution in [0.2, 0.25) is 0 Å². The van der Waals surface area contributed by atoms with Gasteiger partial charge in [0.15, 0.2) is 0 Å². The predicted octanol–water partition coefficient (Wildman–Crippen LogP) is 4.07. The first kappa shape index (κ1) is 17.5. The lowest BCUT2D eigenvalue weighted by Crippen LogP contribution is -2.32. The zero-order valence-corrected chi connectivity index (χ0v) is 15.6. The van der Waals surface area contributed by atoms with Crippen LogP contribution in [0.25, 0.3) is 0 Å². The fourth-order valence-corrected chi connectivity index (χ4v) is 6.25. The largest absolute Gasteiger partial charge is 0.489 e. The predicted molar refractivity (Wildman–Crippen MR) is 104 cm³/mol. The molecule has 0 aliphatic carbocycles. The summed E-state index contributed by atoms with van der Waals surface area (Å²) in [5.74, 6) is 1.17. The van der Waals surface area contributed by atoms with Crippen molar-refractivity contribution in [3.63, 3.8) is 0 Å². The van der Waals surface area contributed by atoms with Gasteiger partial charge in [0, 0.05) is 33.6 Å². The molecule has 2 heterocycles. The molecule has 3 nitrogen and oxygen atoms in total. The Morgan fingerprint density at radius 2 is 1.65 bits per heavy atom. The molecular weight excluding hydrogens is 344 g/mol. The van der Waals surface area contributed by atoms with Crippen molar-refractivity contribution in [3.05, 3.63) is 65.7 Å². The van der Waals surface area contributed by atoms with Crippen LogP contribution >= 0.6 is 0 Å². The van der Waals surface area contributed by atoms with Crippen molar-refractivity contribution in [2.24, 2.45) is 5.92 Å². The molecule has 4 rings (SSSR count). The highest BCUT2D eigenvalue weighted by Crippen LogP contribution is 2.39. The van der Waals surface area contributed by atoms with Crippen molar-refractivity contribution in [2.75, 3.05) is 0 Å². The summed E-state index contributed by atoms with van der Waals surface area (Å²) in [6, 6.07) is 17.9. The third kappa shape index (κ3) is 3.90. The SMILES string of the molecule is O=C(Cc1cccc(OCc2ccccc2)c1)C1CC2CCC(C1)S2=O. The molecule has 2 bridgehead atoms. The zero-order valence-electron chi connectivity index (χ0n) is 14.8. The van der Waals surface area contributed by atoms with Crippen LogP contribution < -0.4 is 4.74 Å². The van der Waals surface area contributed by atoms with Crippen molar-refractivity contribution in [1.29, 1.82) is 0 Å². The minimum absolute atomic E-state index is 0.0825. The van der Waals surface area contributed by atoms with Crippen LogP contribution in [0.3, 0.4) is 0 Å². The maximum absolute atomic E-state index is 12.7. The highest BCUT2D eigenvalue weighted by molar-refractivity contribution is 7.86. The van der Waals surface area contributed by atoms with Gasteiger partial charge in [-0.2, -0.15) is 0 Å². The number of ether oxygens (including phenoxy) is 1. The first-order chi connectivity index (χ1) is 12.7. The van der Waals surface area contributed by atoms with E-state index in [0.29, 0.717) is 18.8 Å². The summed E-state index contributed by atoms with van der Waals surface area (Å²) in [6.07, 6.45) is 4.13. The zero-order chi connectivity index (χ0) is 17.9. The topological polar surface area (TPSA) is 43.4 Å². The lowest BCUT2D eigenvalue weighted by Gasteiger charge is -2.26. The van der Waals surface area contributed by atoms with Gasteiger partial charge in [0.2, 0.25) is 0 Å². The molecule has 2 aliphatic heterocycles. The number of carbonyl (C=O) groups excluding carboxylic acids is 1. The average molecular weight is 368 g/mol. The van der Waals surface area contributed by atoms with E-state index in [1.807, 2.05) is 54.6 Å². The number of hydrogen-bond acceptors (Lipinski definition) is 3. The van der Waals surface area contributed by atoms with E-state index in [2.05, 4.69) is 0 Å². The summed E-state index contributed by atoms with van der Waals surface area (Å²) in [6.45, 7) is 0.524. The summed E-state index contributed by atoms with van der Waals surface area (Å²) in [5.41, 5.74) is 2.12. The minimum atomic E-state index is -0.699. The van der Waals surface area contributed by atoms with Gasteiger partial charge in [0.25, 0.3) is 0 Å². The first-order valence-electron chi connectivity index (χ1n) is 9.37. The summed E-state index contributed by atoms with van der Waals surface area (Å²) < 4.78 is 18.0. The second kappa shape index (κ2) is 7.75. The number of ketones is 1. The average Bonchev–Trinajstić information content (AvgIpc) is 2.87. The van der Waals surface area contributed by atoms with Gasteiger partial charge < -0.3 is 4.74 Å². The second-order valence-corrected chi connectivity index (χ2v) is 9.37. The molecule has 0 aromatic heterocycles. The molecule has 2 aromatic carbocycles. The number of benzene rings is 2. The van der Waals surface area contributed by atoms with Crippen LogP contribution in [0.15, 0.2) is 54.6 Å². The fourth-order valence-electron chi connectivity index (χ4n) is 4.13. The smallest absolute Gasteiger partial charge is 0.140 e. The van der Waals surface area contributed by atoms with Gasteiger partial charge in [0.1, 0.15) is 18.1 Å². The van der Waals surface area contributed by atoms with Crippen LogP contribution in [0.4, 0.5) is 0 Å². The van der Waals surface area contributed by atoms with Crippen molar-refractivity contribution >= 4 is 16.6 Å². The molecule has 0 spiro atoms. The summed E-state index contributed by atoms with van der Waals surface area (Å²) in [4.78, 5) is 12.7. The Labute approximate surface area is 157 Å². The van der Waals surface area contributed by atoms with E-state index in [4.69, 9.17) is 4.74 Å². The van der Waals surface area contributed by atoms with E-state index < -0.39 is 10.8 Å². The van der Waals surface area contributed by atoms with Crippen molar-refractivity contribution < 1.29 is 13.7 Å². The third-order valence-electron chi connectivity index (χ3n) is 5.54. The molecule has 2 unspecified atom stereocenters. The first-order valence-corrected chi connectivity index (χ1v) is 10.6. The number of hydrogen-bond donors (Lipinski definition) is 0. The van der Waals surface area contributed by atoms with Crippen LogP contribution in [-0.4, -0.2) is 20.5 Å². The second-order valence-electron chi connectivity index (χ2n) is 7.38. The maximum Gasteiger partial charge on any atom is 0.140 e. The molecule has 2 saturated heterocycles. The summed E-state index contributed by atoms with van der Waals surface area (Å²) >= 11 is 0. The molecule has 0 radical (unpaired) electrons. The van der Waals surface area contributed by atoms with Crippen LogP contribution in [0.1, 0.15) is 36.8 Å². The summed E-state index contributed by atoms with van der Waals surface area (Å²) in [5, 5.41) is 0.506. The highest BCUT2D eigenvalue weighted by atomic mass is 32.2. The number of rotatable bonds is 6. The Kier molecular flexibility index (Phi) is 5.21. The van der Waals surface area contributed by atoms with Crippen molar-refractivity contribution in [1.82, 2.24) is 0 Å². The number of fused-ring (bicyclic) bond motifs is 2. The Hall–Kier alpha value is -1.94. The van der Waals surface area contributed by atoms with Crippen molar-refractivity contribution in [3.8, 4) is 5.75 Å². The van der Waals surface area contributed by atoms with E-state index in [1.165, 1.54) is 0 Å². The fraction of sp³-hybridized carbons (Fsp3) is 0.409. The van der Waals surface area contributed by atoms with E-state index in [9.17, 15) is 9.00 Å². The highest BCUT2D eigenvalue weighted by Gasteiger charge is 2.42. The molecule has 136 valence electrons. The van der Waals surface area contributed by atoms with Gasteiger partial charge in [0.05, 0.1) is 0 Å². The van der Waals surface area contributed by atoms with Gasteiger partial charge in [-0.1, -0.05) is 42.5 Å². The van der Waals surface area contributed by atoms with Crippen molar-refractivity contribution in [2.45, 2.75) is 49.2 Å². The van der Waals surface area contributed by atoms with E-state index >= 15 is 0 Å². The van der Waals surface area contributed by atoms with Gasteiger partial charge in [-0.3, -0.25) is 9.00 Å². The molecular formula is C22H24O3S. The standard InChI is InChI=1S/C22H24O3S/c23-22(18-13-20-9-10-21(14-18)26(20)24)12-17-7-4-8-19(11-17)25-15-16-5-2-1-3-6-16/h1-8,11,18,20-21H,9-10,12-15H2. The Morgan fingerprint density at radius 3 is 2.38 bits per heavy atom. The Morgan fingerprint density at radius 1 is 0.962 bits per heavy atom. The quantitative estimate of drug-likeness (QED) is 0.772. The van der Waals surface area contributed by atoms with E-state index in [-0.39, 0.29) is 16.4 Å². The molecule has 0 saturated carbocycles. The molecule has 2 fully saturated rings. The van der Waals surface area contributed by atoms with Crippen LogP contribution in [0.5, 0.6) is 5.75 Å². The Balaban J connectivity index is 1.36. The molecule has 2 aliphatic rings. The number of carbonyl (C=O) groups is 1. The van der Waals surface area contributed by atoms with Gasteiger partial charge in [-0.05, 0) is 48.9 Å². The molecule has 2 atom stereocenters. The summed E-state index contributed by atoms with van der Waals surface area (Å²) in [7, 11) is -0.699. The molecule has 0 N–H and O–H groups in total. The van der Waals surface area contributed by atoms with E-state index in [0.717, 1.165) is 42.6 Å². The molecule has 2 aromatic rings. The van der Waals surface area contributed by atoms with Gasteiger partial charge in [-0.25, -0.2) is 0 Å². The van der Waals surface area contributed by atoms with Crippen LogP contribution in [-0.2, 0) is 28.6 Å². The minimum Gasteiger partial charge on any atom is -0.489 e. The normalized spacial score (nSPS) is 27.2. The lowest BCUT2D eigenvalue weighted by molar-refractivity contribution is -0.122. The van der Waals surface area contributed by atoms with Gasteiger partial charge in [-0.15, -0.1) is 0 Å². The number of Topliss-reactive ketones (excluding diaryl/α,β-unsaturated/α-hetero) is 1.